The van der Waals surface area contributed by atoms with Crippen molar-refractivity contribution in [2.24, 2.45) is 0 Å². The molecule has 0 spiro atoms. The Balaban J connectivity index is 2.60. The molecular formula is C17H29NO2. The first-order valence-electron chi connectivity index (χ1n) is 7.66. The highest BCUT2D eigenvalue weighted by molar-refractivity contribution is 5.43. The molecule has 0 amide bonds. The first kappa shape index (κ1) is 16.8. The van der Waals surface area contributed by atoms with Gasteiger partial charge in [0, 0.05) is 6.04 Å². The van der Waals surface area contributed by atoms with Crippen LogP contribution in [0.1, 0.15) is 57.1 Å². The lowest BCUT2D eigenvalue weighted by Gasteiger charge is -2.18. The number of rotatable bonds is 10. The van der Waals surface area contributed by atoms with Crippen molar-refractivity contribution in [3.8, 4) is 11.5 Å². The zero-order valence-corrected chi connectivity index (χ0v) is 13.4. The van der Waals surface area contributed by atoms with E-state index in [0.29, 0.717) is 6.04 Å². The minimum atomic E-state index is 0.386. The quantitative estimate of drug-likeness (QED) is 0.647. The van der Waals surface area contributed by atoms with E-state index < -0.39 is 0 Å². The molecule has 1 aromatic carbocycles. The van der Waals surface area contributed by atoms with Gasteiger partial charge in [0.2, 0.25) is 0 Å². The number of unbranched alkanes of at least 4 members (excludes halogenated alkanes) is 4. The van der Waals surface area contributed by atoms with Crippen LogP contribution in [0.15, 0.2) is 18.2 Å². The van der Waals surface area contributed by atoms with E-state index in [0.717, 1.165) is 17.9 Å². The third-order valence-electron chi connectivity index (χ3n) is 3.75. The summed E-state index contributed by atoms with van der Waals surface area (Å²) in [4.78, 5) is 0. The summed E-state index contributed by atoms with van der Waals surface area (Å²) in [6, 6.07) is 6.56. The summed E-state index contributed by atoms with van der Waals surface area (Å²) >= 11 is 0. The van der Waals surface area contributed by atoms with Gasteiger partial charge in [0.15, 0.2) is 11.5 Å². The largest absolute Gasteiger partial charge is 0.493 e. The van der Waals surface area contributed by atoms with Crippen LogP contribution in [-0.4, -0.2) is 21.3 Å². The van der Waals surface area contributed by atoms with E-state index in [2.05, 4.69) is 24.4 Å². The molecule has 0 heterocycles. The molecule has 1 aromatic rings. The van der Waals surface area contributed by atoms with Crippen molar-refractivity contribution in [1.29, 1.82) is 0 Å². The smallest absolute Gasteiger partial charge is 0.161 e. The Hall–Kier alpha value is -1.22. The molecule has 1 N–H and O–H groups in total. The first-order valence-corrected chi connectivity index (χ1v) is 7.66. The van der Waals surface area contributed by atoms with Crippen LogP contribution in [0, 0.1) is 0 Å². The molecular weight excluding hydrogens is 250 g/mol. The Morgan fingerprint density at radius 2 is 1.70 bits per heavy atom. The van der Waals surface area contributed by atoms with Gasteiger partial charge in [0.05, 0.1) is 14.2 Å². The second-order valence-corrected chi connectivity index (χ2v) is 5.16. The Labute approximate surface area is 123 Å². The molecule has 0 radical (unpaired) electrons. The lowest BCUT2D eigenvalue weighted by molar-refractivity contribution is 0.353. The maximum absolute atomic E-state index is 5.38. The molecule has 0 bridgehead atoms. The third kappa shape index (κ3) is 5.04. The fraction of sp³-hybridized carbons (Fsp3) is 0.647. The normalized spacial score (nSPS) is 12.2. The van der Waals surface area contributed by atoms with Crippen LogP contribution in [0.25, 0.3) is 0 Å². The average Bonchev–Trinajstić information content (AvgIpc) is 2.50. The SMILES string of the molecule is CCCCCCCC(NC)c1ccc(OC)c(OC)c1. The molecule has 0 saturated carbocycles. The standard InChI is InChI=1S/C17H29NO2/c1-5-6-7-8-9-10-15(18-2)14-11-12-16(19-3)17(13-14)20-4/h11-13,15,18H,5-10H2,1-4H3. The zero-order valence-electron chi connectivity index (χ0n) is 13.4. The van der Waals surface area contributed by atoms with E-state index in [1.54, 1.807) is 14.2 Å². The Morgan fingerprint density at radius 1 is 1.00 bits per heavy atom. The predicted octanol–water partition coefficient (Wildman–Crippen LogP) is 4.32. The monoisotopic (exact) mass is 279 g/mol. The average molecular weight is 279 g/mol. The van der Waals surface area contributed by atoms with Crippen molar-refractivity contribution >= 4 is 0 Å². The van der Waals surface area contributed by atoms with E-state index in [1.807, 2.05) is 13.1 Å². The fourth-order valence-corrected chi connectivity index (χ4v) is 2.50. The molecule has 1 atom stereocenters. The van der Waals surface area contributed by atoms with Gasteiger partial charge in [-0.2, -0.15) is 0 Å². The van der Waals surface area contributed by atoms with Gasteiger partial charge in [-0.3, -0.25) is 0 Å². The molecule has 0 aromatic heterocycles. The van der Waals surface area contributed by atoms with Crippen LogP contribution in [-0.2, 0) is 0 Å². The van der Waals surface area contributed by atoms with Crippen molar-refractivity contribution in [3.63, 3.8) is 0 Å². The highest BCUT2D eigenvalue weighted by atomic mass is 16.5. The maximum atomic E-state index is 5.38. The van der Waals surface area contributed by atoms with E-state index in [9.17, 15) is 0 Å². The fourth-order valence-electron chi connectivity index (χ4n) is 2.50. The third-order valence-corrected chi connectivity index (χ3v) is 3.75. The van der Waals surface area contributed by atoms with Crippen LogP contribution < -0.4 is 14.8 Å². The highest BCUT2D eigenvalue weighted by Crippen LogP contribution is 2.31. The number of benzene rings is 1. The van der Waals surface area contributed by atoms with Gasteiger partial charge < -0.3 is 14.8 Å². The molecule has 0 aliphatic carbocycles. The molecule has 0 fully saturated rings. The summed E-state index contributed by atoms with van der Waals surface area (Å²) in [7, 11) is 5.37. The topological polar surface area (TPSA) is 30.5 Å². The van der Waals surface area contributed by atoms with Gasteiger partial charge in [-0.05, 0) is 31.2 Å². The predicted molar refractivity (Wildman–Crippen MR) is 84.7 cm³/mol. The van der Waals surface area contributed by atoms with Gasteiger partial charge in [-0.25, -0.2) is 0 Å². The molecule has 0 saturated heterocycles. The number of nitrogens with one attached hydrogen (secondary N) is 1. The summed E-state index contributed by atoms with van der Waals surface area (Å²) in [6.45, 7) is 2.25. The van der Waals surface area contributed by atoms with E-state index in [4.69, 9.17) is 9.47 Å². The zero-order chi connectivity index (χ0) is 14.8. The van der Waals surface area contributed by atoms with E-state index in [1.165, 1.54) is 37.7 Å². The second-order valence-electron chi connectivity index (χ2n) is 5.16. The van der Waals surface area contributed by atoms with Crippen LogP contribution in [0.2, 0.25) is 0 Å². The summed E-state index contributed by atoms with van der Waals surface area (Å²) in [5.74, 6) is 1.59. The van der Waals surface area contributed by atoms with Crippen molar-refractivity contribution in [3.05, 3.63) is 23.8 Å². The van der Waals surface area contributed by atoms with Crippen LogP contribution in [0.5, 0.6) is 11.5 Å². The van der Waals surface area contributed by atoms with Crippen molar-refractivity contribution in [1.82, 2.24) is 5.32 Å². The van der Waals surface area contributed by atoms with E-state index >= 15 is 0 Å². The van der Waals surface area contributed by atoms with Crippen molar-refractivity contribution < 1.29 is 9.47 Å². The second kappa shape index (κ2) is 9.65. The van der Waals surface area contributed by atoms with Crippen LogP contribution in [0.4, 0.5) is 0 Å². The summed E-state index contributed by atoms with van der Waals surface area (Å²) in [5, 5.41) is 3.40. The molecule has 114 valence electrons. The number of methoxy groups -OCH3 is 2. The molecule has 20 heavy (non-hydrogen) atoms. The van der Waals surface area contributed by atoms with Crippen LogP contribution in [0.3, 0.4) is 0 Å². The molecule has 3 nitrogen and oxygen atoms in total. The van der Waals surface area contributed by atoms with Crippen molar-refractivity contribution in [2.75, 3.05) is 21.3 Å². The maximum Gasteiger partial charge on any atom is 0.161 e. The van der Waals surface area contributed by atoms with Gasteiger partial charge >= 0.3 is 0 Å². The molecule has 1 rings (SSSR count). The highest BCUT2D eigenvalue weighted by Gasteiger charge is 2.12. The van der Waals surface area contributed by atoms with E-state index in [-0.39, 0.29) is 0 Å². The summed E-state index contributed by atoms with van der Waals surface area (Å²) in [5.41, 5.74) is 1.26. The number of ether oxygens (including phenoxy) is 2. The number of hydrogen-bond acceptors (Lipinski definition) is 3. The summed E-state index contributed by atoms with van der Waals surface area (Å²) < 4.78 is 10.7. The van der Waals surface area contributed by atoms with Gasteiger partial charge in [-0.1, -0.05) is 45.1 Å². The lowest BCUT2D eigenvalue weighted by Crippen LogP contribution is -2.16. The Morgan fingerprint density at radius 3 is 2.30 bits per heavy atom. The molecule has 3 heteroatoms. The molecule has 1 unspecified atom stereocenters. The molecule has 0 aliphatic heterocycles. The van der Waals surface area contributed by atoms with Gasteiger partial charge in [0.1, 0.15) is 0 Å². The summed E-state index contributed by atoms with van der Waals surface area (Å²) in [6.07, 6.45) is 7.74. The van der Waals surface area contributed by atoms with Gasteiger partial charge in [-0.15, -0.1) is 0 Å². The Bertz CT molecular complexity index is 379. The Kier molecular flexibility index (Phi) is 8.12. The lowest BCUT2D eigenvalue weighted by atomic mass is 9.99. The minimum absolute atomic E-state index is 0.386. The van der Waals surface area contributed by atoms with Crippen molar-refractivity contribution in [2.45, 2.75) is 51.5 Å². The van der Waals surface area contributed by atoms with Gasteiger partial charge in [0.25, 0.3) is 0 Å². The van der Waals surface area contributed by atoms with Crippen LogP contribution >= 0.6 is 0 Å². The first-order chi connectivity index (χ1) is 9.76. The number of hydrogen-bond donors (Lipinski definition) is 1. The molecule has 0 aliphatic rings. The minimum Gasteiger partial charge on any atom is -0.493 e.